The van der Waals surface area contributed by atoms with Crippen LogP contribution in [0.2, 0.25) is 0 Å². The highest BCUT2D eigenvalue weighted by Gasteiger charge is 2.13. The van der Waals surface area contributed by atoms with Crippen LogP contribution in [0.5, 0.6) is 11.5 Å². The van der Waals surface area contributed by atoms with Crippen molar-refractivity contribution in [3.05, 3.63) is 46.4 Å². The lowest BCUT2D eigenvalue weighted by Crippen LogP contribution is -2.15. The van der Waals surface area contributed by atoms with Crippen molar-refractivity contribution in [3.8, 4) is 22.8 Å². The predicted molar refractivity (Wildman–Crippen MR) is 99.3 cm³/mol. The summed E-state index contributed by atoms with van der Waals surface area (Å²) in [5.74, 6) is 1.02. The average Bonchev–Trinajstić information content (AvgIpc) is 3.11. The minimum absolute atomic E-state index is 0.216. The Balaban J connectivity index is 1.92. The van der Waals surface area contributed by atoms with Crippen LogP contribution in [0, 0.1) is 0 Å². The van der Waals surface area contributed by atoms with E-state index in [1.54, 1.807) is 26.4 Å². The van der Waals surface area contributed by atoms with Gasteiger partial charge in [-0.15, -0.1) is 0 Å². The molecule has 27 heavy (non-hydrogen) atoms. The predicted octanol–water partition coefficient (Wildman–Crippen LogP) is 2.20. The van der Waals surface area contributed by atoms with Crippen LogP contribution < -0.4 is 15.0 Å². The van der Waals surface area contributed by atoms with E-state index in [9.17, 15) is 9.59 Å². The Labute approximate surface area is 155 Å². The fourth-order valence-corrected chi connectivity index (χ4v) is 2.84. The summed E-state index contributed by atoms with van der Waals surface area (Å²) in [4.78, 5) is 28.1. The van der Waals surface area contributed by atoms with Gasteiger partial charge in [0, 0.05) is 35.9 Å². The van der Waals surface area contributed by atoms with E-state index in [1.165, 1.54) is 17.7 Å². The van der Waals surface area contributed by atoms with Gasteiger partial charge in [-0.05, 0) is 25.0 Å². The number of hydrogen-bond donors (Lipinski definition) is 1. The van der Waals surface area contributed by atoms with E-state index in [0.29, 0.717) is 47.8 Å². The Hall–Kier alpha value is -3.29. The van der Waals surface area contributed by atoms with Gasteiger partial charge in [-0.1, -0.05) is 0 Å². The normalized spacial score (nSPS) is 10.8. The lowest BCUT2D eigenvalue weighted by atomic mass is 10.1. The van der Waals surface area contributed by atoms with Crippen molar-refractivity contribution < 1.29 is 19.0 Å². The number of carbonyl (C=O) groups is 1. The lowest BCUT2D eigenvalue weighted by Gasteiger charge is -2.08. The van der Waals surface area contributed by atoms with Crippen LogP contribution in [0.3, 0.4) is 0 Å². The molecular weight excluding hydrogens is 350 g/mol. The van der Waals surface area contributed by atoms with E-state index in [4.69, 9.17) is 9.47 Å². The number of H-pyrrole nitrogens is 1. The van der Waals surface area contributed by atoms with Crippen molar-refractivity contribution in [3.63, 3.8) is 0 Å². The second kappa shape index (κ2) is 7.94. The molecule has 3 rings (SSSR count). The van der Waals surface area contributed by atoms with Crippen LogP contribution in [0.25, 0.3) is 16.9 Å². The number of fused-ring (bicyclic) bond motifs is 1. The third kappa shape index (κ3) is 3.94. The van der Waals surface area contributed by atoms with Gasteiger partial charge in [0.05, 0.1) is 27.0 Å². The van der Waals surface area contributed by atoms with Crippen molar-refractivity contribution in [2.45, 2.75) is 19.3 Å². The van der Waals surface area contributed by atoms with Crippen LogP contribution in [-0.4, -0.2) is 41.9 Å². The Morgan fingerprint density at radius 3 is 2.67 bits per heavy atom. The smallest absolute Gasteiger partial charge is 0.305 e. The first kappa shape index (κ1) is 18.5. The monoisotopic (exact) mass is 371 g/mol. The molecule has 0 fully saturated rings. The Morgan fingerprint density at radius 2 is 1.96 bits per heavy atom. The van der Waals surface area contributed by atoms with Crippen molar-refractivity contribution >= 4 is 11.6 Å². The Kier molecular flexibility index (Phi) is 5.44. The Bertz CT molecular complexity index is 1020. The molecule has 0 amide bonds. The summed E-state index contributed by atoms with van der Waals surface area (Å²) >= 11 is 0. The van der Waals surface area contributed by atoms with Gasteiger partial charge < -0.3 is 14.2 Å². The lowest BCUT2D eigenvalue weighted by molar-refractivity contribution is -0.140. The number of nitrogens with zero attached hydrogens (tertiary/aromatic N) is 2. The van der Waals surface area contributed by atoms with Crippen LogP contribution in [-0.2, 0) is 16.0 Å². The first-order valence-electron chi connectivity index (χ1n) is 8.46. The number of aromatic nitrogens is 3. The maximum Gasteiger partial charge on any atom is 0.305 e. The van der Waals surface area contributed by atoms with Gasteiger partial charge in [-0.25, -0.2) is 9.50 Å². The zero-order valence-electron chi connectivity index (χ0n) is 15.4. The van der Waals surface area contributed by atoms with Crippen LogP contribution in [0.15, 0.2) is 35.1 Å². The largest absolute Gasteiger partial charge is 0.497 e. The van der Waals surface area contributed by atoms with E-state index in [-0.39, 0.29) is 11.5 Å². The molecule has 0 aliphatic carbocycles. The maximum atomic E-state index is 12.4. The summed E-state index contributed by atoms with van der Waals surface area (Å²) in [6.07, 6.45) is 1.38. The second-order valence-corrected chi connectivity index (χ2v) is 5.95. The summed E-state index contributed by atoms with van der Waals surface area (Å²) in [7, 11) is 4.52. The molecule has 2 heterocycles. The standard InChI is InChI=1S/C19H21N3O5/c1-25-13-7-8-14(16(10-13)26-2)15-11-17-20-12(5-4-6-19(24)27-3)9-18(23)22(17)21-15/h7-11,21H,4-6H2,1-3H3. The molecule has 3 aromatic rings. The molecule has 0 spiro atoms. The molecule has 142 valence electrons. The molecule has 1 aromatic carbocycles. The number of ether oxygens (including phenoxy) is 3. The van der Waals surface area contributed by atoms with E-state index < -0.39 is 0 Å². The molecule has 0 unspecified atom stereocenters. The molecule has 0 aliphatic heterocycles. The van der Waals surface area contributed by atoms with E-state index >= 15 is 0 Å². The highest BCUT2D eigenvalue weighted by Crippen LogP contribution is 2.32. The van der Waals surface area contributed by atoms with Crippen LogP contribution in [0.4, 0.5) is 0 Å². The van der Waals surface area contributed by atoms with Crippen LogP contribution in [0.1, 0.15) is 18.5 Å². The highest BCUT2D eigenvalue weighted by atomic mass is 16.5. The number of esters is 1. The number of nitrogens with one attached hydrogen (secondary N) is 1. The van der Waals surface area contributed by atoms with Gasteiger partial charge in [0.1, 0.15) is 11.5 Å². The molecule has 0 saturated heterocycles. The van der Waals surface area contributed by atoms with Gasteiger partial charge in [-0.3, -0.25) is 14.7 Å². The second-order valence-electron chi connectivity index (χ2n) is 5.95. The number of benzene rings is 1. The summed E-state index contributed by atoms with van der Waals surface area (Å²) < 4.78 is 16.6. The molecule has 8 nitrogen and oxygen atoms in total. The first-order valence-corrected chi connectivity index (χ1v) is 8.46. The summed E-state index contributed by atoms with van der Waals surface area (Å²) in [6.45, 7) is 0. The number of aryl methyl sites for hydroxylation is 1. The molecule has 2 aromatic heterocycles. The van der Waals surface area contributed by atoms with Crippen molar-refractivity contribution in [2.75, 3.05) is 21.3 Å². The summed E-state index contributed by atoms with van der Waals surface area (Å²) in [6, 6.07) is 8.70. The third-order valence-corrected chi connectivity index (χ3v) is 4.24. The van der Waals surface area contributed by atoms with Crippen molar-refractivity contribution in [1.82, 2.24) is 14.6 Å². The number of carbonyl (C=O) groups excluding carboxylic acids is 1. The molecule has 0 atom stereocenters. The van der Waals surface area contributed by atoms with E-state index in [2.05, 4.69) is 14.8 Å². The first-order chi connectivity index (χ1) is 13.0. The molecule has 8 heteroatoms. The van der Waals surface area contributed by atoms with Gasteiger partial charge in [0.2, 0.25) is 0 Å². The molecule has 0 bridgehead atoms. The zero-order valence-corrected chi connectivity index (χ0v) is 15.4. The van der Waals surface area contributed by atoms with E-state index in [0.717, 1.165) is 5.56 Å². The van der Waals surface area contributed by atoms with E-state index in [1.807, 2.05) is 12.1 Å². The molecule has 0 radical (unpaired) electrons. The van der Waals surface area contributed by atoms with Gasteiger partial charge >= 0.3 is 5.97 Å². The number of aromatic amines is 1. The van der Waals surface area contributed by atoms with Gasteiger partial charge in [-0.2, -0.15) is 0 Å². The van der Waals surface area contributed by atoms with Crippen LogP contribution >= 0.6 is 0 Å². The summed E-state index contributed by atoms with van der Waals surface area (Å²) in [5.41, 5.74) is 2.41. The SMILES string of the molecule is COC(=O)CCCc1cc(=O)n2[nH]c(-c3ccc(OC)cc3OC)cc2n1. The number of rotatable bonds is 7. The molecule has 0 aliphatic rings. The minimum Gasteiger partial charge on any atom is -0.497 e. The number of hydrogen-bond acceptors (Lipinski definition) is 6. The number of methoxy groups -OCH3 is 3. The highest BCUT2D eigenvalue weighted by molar-refractivity contribution is 5.71. The average molecular weight is 371 g/mol. The molecule has 1 N–H and O–H groups in total. The zero-order chi connectivity index (χ0) is 19.4. The molecular formula is C19H21N3O5. The van der Waals surface area contributed by atoms with Gasteiger partial charge in [0.15, 0.2) is 5.65 Å². The summed E-state index contributed by atoms with van der Waals surface area (Å²) in [5, 5.41) is 3.05. The maximum absolute atomic E-state index is 12.4. The Morgan fingerprint density at radius 1 is 1.15 bits per heavy atom. The van der Waals surface area contributed by atoms with Crippen molar-refractivity contribution in [1.29, 1.82) is 0 Å². The topological polar surface area (TPSA) is 94.9 Å². The fourth-order valence-electron chi connectivity index (χ4n) is 2.84. The van der Waals surface area contributed by atoms with Crippen molar-refractivity contribution in [2.24, 2.45) is 0 Å². The molecule has 0 saturated carbocycles. The quantitative estimate of drug-likeness (QED) is 0.640. The minimum atomic E-state index is -0.275. The van der Waals surface area contributed by atoms with Gasteiger partial charge in [0.25, 0.3) is 5.56 Å². The third-order valence-electron chi connectivity index (χ3n) is 4.24. The fraction of sp³-hybridized carbons (Fsp3) is 0.316.